The van der Waals surface area contributed by atoms with Gasteiger partial charge < -0.3 is 15.2 Å². The number of hydrogen-bond acceptors (Lipinski definition) is 4. The molecule has 0 unspecified atom stereocenters. The standard InChI is InChI=1S/C12H9BrF2N2O2/c1-18-10-3-2-8(16)12(17-10)19-9-5-6(13)4-7(14)11(9)15/h2-5H,16H2,1H3. The van der Waals surface area contributed by atoms with Crippen LogP contribution in [0.25, 0.3) is 0 Å². The van der Waals surface area contributed by atoms with Gasteiger partial charge in [-0.2, -0.15) is 9.37 Å². The number of nitrogens with two attached hydrogens (primary N) is 1. The maximum absolute atomic E-state index is 13.6. The third-order valence-electron chi connectivity index (χ3n) is 2.24. The van der Waals surface area contributed by atoms with Crippen molar-refractivity contribution in [1.29, 1.82) is 0 Å². The molecule has 2 rings (SSSR count). The van der Waals surface area contributed by atoms with Crippen LogP contribution in [-0.4, -0.2) is 12.1 Å². The molecule has 0 aliphatic heterocycles. The molecule has 0 fully saturated rings. The fourth-order valence-corrected chi connectivity index (χ4v) is 1.75. The molecule has 19 heavy (non-hydrogen) atoms. The Morgan fingerprint density at radius 1 is 1.26 bits per heavy atom. The fraction of sp³-hybridized carbons (Fsp3) is 0.0833. The number of nitrogens with zero attached hydrogens (tertiary/aromatic N) is 1. The van der Waals surface area contributed by atoms with E-state index in [0.29, 0.717) is 4.47 Å². The molecule has 0 spiro atoms. The summed E-state index contributed by atoms with van der Waals surface area (Å²) in [6, 6.07) is 5.29. The van der Waals surface area contributed by atoms with Crippen molar-refractivity contribution in [3.8, 4) is 17.5 Å². The van der Waals surface area contributed by atoms with E-state index in [0.717, 1.165) is 6.07 Å². The summed E-state index contributed by atoms with van der Waals surface area (Å²) in [6.45, 7) is 0. The minimum atomic E-state index is -1.12. The predicted molar refractivity (Wildman–Crippen MR) is 69.3 cm³/mol. The van der Waals surface area contributed by atoms with Gasteiger partial charge in [-0.1, -0.05) is 15.9 Å². The molecule has 7 heteroatoms. The van der Waals surface area contributed by atoms with Crippen LogP contribution in [0, 0.1) is 11.6 Å². The Kier molecular flexibility index (Phi) is 3.84. The first-order valence-electron chi connectivity index (χ1n) is 5.14. The van der Waals surface area contributed by atoms with E-state index in [2.05, 4.69) is 20.9 Å². The molecule has 2 N–H and O–H groups in total. The number of methoxy groups -OCH3 is 1. The Hall–Kier alpha value is -1.89. The van der Waals surface area contributed by atoms with E-state index in [1.807, 2.05) is 0 Å². The number of halogens is 3. The number of aromatic nitrogens is 1. The highest BCUT2D eigenvalue weighted by molar-refractivity contribution is 9.10. The molecule has 0 aliphatic carbocycles. The Balaban J connectivity index is 2.41. The van der Waals surface area contributed by atoms with E-state index in [4.69, 9.17) is 15.2 Å². The molecule has 0 saturated heterocycles. The molecule has 1 heterocycles. The highest BCUT2D eigenvalue weighted by atomic mass is 79.9. The van der Waals surface area contributed by atoms with E-state index in [-0.39, 0.29) is 23.2 Å². The molecule has 1 aromatic heterocycles. The number of pyridine rings is 1. The van der Waals surface area contributed by atoms with Crippen molar-refractivity contribution >= 4 is 21.6 Å². The average Bonchev–Trinajstić information content (AvgIpc) is 2.38. The summed E-state index contributed by atoms with van der Waals surface area (Å²) < 4.78 is 37.2. The SMILES string of the molecule is COc1ccc(N)c(Oc2cc(Br)cc(F)c2F)n1. The van der Waals surface area contributed by atoms with E-state index in [1.165, 1.54) is 25.3 Å². The number of nitrogen functional groups attached to an aromatic ring is 1. The van der Waals surface area contributed by atoms with Gasteiger partial charge >= 0.3 is 0 Å². The Morgan fingerprint density at radius 3 is 2.68 bits per heavy atom. The molecule has 1 aromatic carbocycles. The van der Waals surface area contributed by atoms with Crippen LogP contribution in [0.2, 0.25) is 0 Å². The summed E-state index contributed by atoms with van der Waals surface area (Å²) in [4.78, 5) is 3.91. The monoisotopic (exact) mass is 330 g/mol. The second-order valence-corrected chi connectivity index (χ2v) is 4.47. The van der Waals surface area contributed by atoms with Gasteiger partial charge in [0.2, 0.25) is 17.6 Å². The first kappa shape index (κ1) is 13.5. The third kappa shape index (κ3) is 2.93. The molecule has 0 amide bonds. The van der Waals surface area contributed by atoms with Crippen molar-refractivity contribution in [3.05, 3.63) is 40.4 Å². The predicted octanol–water partition coefficient (Wildman–Crippen LogP) is 3.51. The van der Waals surface area contributed by atoms with Crippen LogP contribution in [0.15, 0.2) is 28.7 Å². The highest BCUT2D eigenvalue weighted by Gasteiger charge is 2.14. The Bertz CT molecular complexity index is 623. The normalized spacial score (nSPS) is 10.3. The van der Waals surface area contributed by atoms with E-state index in [1.54, 1.807) is 0 Å². The van der Waals surface area contributed by atoms with Crippen LogP contribution < -0.4 is 15.2 Å². The zero-order valence-electron chi connectivity index (χ0n) is 9.78. The lowest BCUT2D eigenvalue weighted by molar-refractivity contribution is 0.374. The smallest absolute Gasteiger partial charge is 0.246 e. The zero-order chi connectivity index (χ0) is 14.0. The molecule has 0 saturated carbocycles. The zero-order valence-corrected chi connectivity index (χ0v) is 11.4. The minimum absolute atomic E-state index is 0.0595. The third-order valence-corrected chi connectivity index (χ3v) is 2.70. The van der Waals surface area contributed by atoms with Gasteiger partial charge in [-0.3, -0.25) is 0 Å². The van der Waals surface area contributed by atoms with Crippen molar-refractivity contribution in [2.75, 3.05) is 12.8 Å². The summed E-state index contributed by atoms with van der Waals surface area (Å²) in [5.74, 6) is -2.28. The number of ether oxygens (including phenoxy) is 2. The van der Waals surface area contributed by atoms with Gasteiger partial charge in [0.05, 0.1) is 12.8 Å². The molecule has 4 nitrogen and oxygen atoms in total. The van der Waals surface area contributed by atoms with Crippen molar-refractivity contribution in [1.82, 2.24) is 4.98 Å². The molecule has 0 aliphatic rings. The molecule has 0 atom stereocenters. The van der Waals surface area contributed by atoms with Crippen molar-refractivity contribution in [3.63, 3.8) is 0 Å². The Labute approximate surface area is 116 Å². The van der Waals surface area contributed by atoms with Crippen molar-refractivity contribution in [2.45, 2.75) is 0 Å². The first-order chi connectivity index (χ1) is 9.01. The summed E-state index contributed by atoms with van der Waals surface area (Å²) in [5, 5.41) is 0. The summed E-state index contributed by atoms with van der Waals surface area (Å²) in [6.07, 6.45) is 0. The maximum Gasteiger partial charge on any atom is 0.246 e. The fourth-order valence-electron chi connectivity index (χ4n) is 1.34. The Morgan fingerprint density at radius 2 is 2.00 bits per heavy atom. The van der Waals surface area contributed by atoms with Gasteiger partial charge in [0, 0.05) is 10.5 Å². The minimum Gasteiger partial charge on any atom is -0.481 e. The first-order valence-corrected chi connectivity index (χ1v) is 5.93. The quantitative estimate of drug-likeness (QED) is 0.875. The van der Waals surface area contributed by atoms with Crippen molar-refractivity contribution in [2.24, 2.45) is 0 Å². The van der Waals surface area contributed by atoms with Gasteiger partial charge in [0.1, 0.15) is 0 Å². The summed E-state index contributed by atoms with van der Waals surface area (Å²) >= 11 is 3.04. The largest absolute Gasteiger partial charge is 0.481 e. The second-order valence-electron chi connectivity index (χ2n) is 3.55. The molecule has 100 valence electrons. The van der Waals surface area contributed by atoms with Crippen LogP contribution in [0.5, 0.6) is 17.5 Å². The van der Waals surface area contributed by atoms with E-state index >= 15 is 0 Å². The van der Waals surface area contributed by atoms with Crippen LogP contribution >= 0.6 is 15.9 Å². The molecular weight excluding hydrogens is 322 g/mol. The lowest BCUT2D eigenvalue weighted by Gasteiger charge is -2.10. The molecule has 2 aromatic rings. The van der Waals surface area contributed by atoms with E-state index in [9.17, 15) is 8.78 Å². The average molecular weight is 331 g/mol. The van der Waals surface area contributed by atoms with Crippen LogP contribution in [0.3, 0.4) is 0 Å². The lowest BCUT2D eigenvalue weighted by Crippen LogP contribution is -1.99. The van der Waals surface area contributed by atoms with Crippen LogP contribution in [0.4, 0.5) is 14.5 Å². The molecule has 0 bridgehead atoms. The second kappa shape index (κ2) is 5.40. The number of rotatable bonds is 3. The van der Waals surface area contributed by atoms with Gasteiger partial charge in [0.25, 0.3) is 0 Å². The van der Waals surface area contributed by atoms with Crippen LogP contribution in [-0.2, 0) is 0 Å². The van der Waals surface area contributed by atoms with Gasteiger partial charge in [-0.25, -0.2) is 4.39 Å². The summed E-state index contributed by atoms with van der Waals surface area (Å²) in [7, 11) is 1.42. The summed E-state index contributed by atoms with van der Waals surface area (Å²) in [5.41, 5.74) is 5.83. The van der Waals surface area contributed by atoms with Gasteiger partial charge in [-0.05, 0) is 18.2 Å². The lowest BCUT2D eigenvalue weighted by atomic mass is 10.3. The van der Waals surface area contributed by atoms with Gasteiger partial charge in [0.15, 0.2) is 11.6 Å². The highest BCUT2D eigenvalue weighted by Crippen LogP contribution is 2.32. The number of hydrogen-bond donors (Lipinski definition) is 1. The topological polar surface area (TPSA) is 57.4 Å². The maximum atomic E-state index is 13.6. The van der Waals surface area contributed by atoms with Gasteiger partial charge in [-0.15, -0.1) is 0 Å². The number of benzene rings is 1. The van der Waals surface area contributed by atoms with Crippen molar-refractivity contribution < 1.29 is 18.3 Å². The van der Waals surface area contributed by atoms with E-state index < -0.39 is 11.6 Å². The number of anilines is 1. The van der Waals surface area contributed by atoms with Crippen LogP contribution in [0.1, 0.15) is 0 Å². The molecule has 0 radical (unpaired) electrons. The molecular formula is C12H9BrF2N2O2.